The van der Waals surface area contributed by atoms with Crippen molar-refractivity contribution in [3.63, 3.8) is 0 Å². The number of piperidine rings is 1. The van der Waals surface area contributed by atoms with Crippen LogP contribution in [0.2, 0.25) is 0 Å². The van der Waals surface area contributed by atoms with Gasteiger partial charge < -0.3 is 15.5 Å². The smallest absolute Gasteiger partial charge is 0.315 e. The van der Waals surface area contributed by atoms with E-state index in [0.717, 1.165) is 24.9 Å². The topological polar surface area (TPSA) is 44.4 Å². The zero-order chi connectivity index (χ0) is 17.4. The molecule has 0 saturated carbocycles. The van der Waals surface area contributed by atoms with Crippen molar-refractivity contribution >= 4 is 22.0 Å². The van der Waals surface area contributed by atoms with Gasteiger partial charge in [0.05, 0.1) is 0 Å². The van der Waals surface area contributed by atoms with Crippen LogP contribution in [0.15, 0.2) is 22.7 Å². The molecule has 0 aliphatic carbocycles. The van der Waals surface area contributed by atoms with E-state index >= 15 is 0 Å². The van der Waals surface area contributed by atoms with Crippen LogP contribution in [0, 0.1) is 5.82 Å². The molecule has 1 fully saturated rings. The van der Waals surface area contributed by atoms with Crippen LogP contribution in [0.4, 0.5) is 9.18 Å². The van der Waals surface area contributed by atoms with Crippen molar-refractivity contribution < 1.29 is 9.18 Å². The fraction of sp³-hybridized carbons (Fsp3) is 0.611. The fourth-order valence-corrected chi connectivity index (χ4v) is 3.53. The number of carbonyl (C=O) groups excluding carboxylic acids is 1. The first kappa shape index (κ1) is 19.2. The van der Waals surface area contributed by atoms with Gasteiger partial charge in [-0.25, -0.2) is 9.18 Å². The number of rotatable bonds is 7. The molecule has 1 atom stereocenters. The van der Waals surface area contributed by atoms with Crippen molar-refractivity contribution in [3.8, 4) is 0 Å². The molecule has 0 aromatic heterocycles. The second-order valence-corrected chi connectivity index (χ2v) is 7.29. The molecule has 24 heavy (non-hydrogen) atoms. The van der Waals surface area contributed by atoms with Gasteiger partial charge in [0.2, 0.25) is 0 Å². The molecule has 1 aliphatic heterocycles. The maximum Gasteiger partial charge on any atom is 0.315 e. The van der Waals surface area contributed by atoms with E-state index in [1.54, 1.807) is 6.07 Å². The van der Waals surface area contributed by atoms with E-state index in [9.17, 15) is 9.18 Å². The Kier molecular flexibility index (Phi) is 7.99. The Balaban J connectivity index is 1.56. The SMILES string of the molecule is C[C@@H]1CCCCN1CCCCNC(=O)NCc1ccc(F)cc1Br. The van der Waals surface area contributed by atoms with E-state index in [1.807, 2.05) is 0 Å². The molecule has 0 spiro atoms. The van der Waals surface area contributed by atoms with Crippen LogP contribution < -0.4 is 10.6 Å². The maximum absolute atomic E-state index is 13.0. The van der Waals surface area contributed by atoms with Crippen LogP contribution in [0.3, 0.4) is 0 Å². The van der Waals surface area contributed by atoms with Gasteiger partial charge in [-0.3, -0.25) is 0 Å². The highest BCUT2D eigenvalue weighted by atomic mass is 79.9. The number of likely N-dealkylation sites (tertiary alicyclic amines) is 1. The second kappa shape index (κ2) is 9.99. The van der Waals surface area contributed by atoms with Crippen LogP contribution in [0.5, 0.6) is 0 Å². The minimum Gasteiger partial charge on any atom is -0.338 e. The molecule has 6 heteroatoms. The summed E-state index contributed by atoms with van der Waals surface area (Å²) in [7, 11) is 0. The number of benzene rings is 1. The number of hydrogen-bond donors (Lipinski definition) is 2. The third-order valence-corrected chi connectivity index (χ3v) is 5.29. The molecule has 2 amide bonds. The van der Waals surface area contributed by atoms with Gasteiger partial charge in [0.25, 0.3) is 0 Å². The van der Waals surface area contributed by atoms with Crippen LogP contribution >= 0.6 is 15.9 Å². The number of halogens is 2. The minimum atomic E-state index is -0.293. The zero-order valence-corrected chi connectivity index (χ0v) is 15.9. The number of carbonyl (C=O) groups is 1. The predicted molar refractivity (Wildman–Crippen MR) is 98.5 cm³/mol. The number of hydrogen-bond acceptors (Lipinski definition) is 2. The van der Waals surface area contributed by atoms with E-state index < -0.39 is 0 Å². The third-order valence-electron chi connectivity index (χ3n) is 4.55. The number of urea groups is 1. The Hall–Kier alpha value is -1.14. The zero-order valence-electron chi connectivity index (χ0n) is 14.3. The lowest BCUT2D eigenvalue weighted by Crippen LogP contribution is -2.38. The summed E-state index contributed by atoms with van der Waals surface area (Å²) in [5.41, 5.74) is 0.852. The molecule has 1 saturated heterocycles. The molecule has 0 radical (unpaired) electrons. The van der Waals surface area contributed by atoms with Gasteiger partial charge in [0, 0.05) is 23.6 Å². The molecule has 2 N–H and O–H groups in total. The number of nitrogens with zero attached hydrogens (tertiary/aromatic N) is 1. The van der Waals surface area contributed by atoms with Crippen LogP contribution in [-0.2, 0) is 6.54 Å². The lowest BCUT2D eigenvalue weighted by Gasteiger charge is -2.33. The summed E-state index contributed by atoms with van der Waals surface area (Å²) < 4.78 is 13.7. The average Bonchev–Trinajstić information content (AvgIpc) is 2.55. The summed E-state index contributed by atoms with van der Waals surface area (Å²) >= 11 is 3.30. The van der Waals surface area contributed by atoms with Crippen molar-refractivity contribution in [1.29, 1.82) is 0 Å². The Labute approximate surface area is 152 Å². The van der Waals surface area contributed by atoms with Gasteiger partial charge in [0.15, 0.2) is 0 Å². The largest absolute Gasteiger partial charge is 0.338 e. The van der Waals surface area contributed by atoms with Crippen LogP contribution in [-0.4, -0.2) is 36.6 Å². The van der Waals surface area contributed by atoms with E-state index in [4.69, 9.17) is 0 Å². The van der Waals surface area contributed by atoms with Crippen molar-refractivity contribution in [2.24, 2.45) is 0 Å². The Morgan fingerprint density at radius 3 is 2.92 bits per heavy atom. The summed E-state index contributed by atoms with van der Waals surface area (Å²) in [6, 6.07) is 4.97. The van der Waals surface area contributed by atoms with Gasteiger partial charge in [-0.1, -0.05) is 28.4 Å². The van der Waals surface area contributed by atoms with E-state index in [2.05, 4.69) is 38.4 Å². The predicted octanol–water partition coefficient (Wildman–Crippen LogP) is 4.04. The fourth-order valence-electron chi connectivity index (χ4n) is 3.03. The lowest BCUT2D eigenvalue weighted by atomic mass is 10.0. The van der Waals surface area contributed by atoms with Crippen molar-refractivity contribution in [1.82, 2.24) is 15.5 Å². The van der Waals surface area contributed by atoms with E-state index in [0.29, 0.717) is 23.6 Å². The second-order valence-electron chi connectivity index (χ2n) is 6.43. The van der Waals surface area contributed by atoms with Gasteiger partial charge >= 0.3 is 6.03 Å². The number of unbranched alkanes of at least 4 members (excludes halogenated alkanes) is 1. The van der Waals surface area contributed by atoms with Gasteiger partial charge in [-0.15, -0.1) is 0 Å². The molecule has 1 aromatic carbocycles. The number of nitrogens with one attached hydrogen (secondary N) is 2. The molecular formula is C18H27BrFN3O. The molecule has 0 bridgehead atoms. The van der Waals surface area contributed by atoms with Gasteiger partial charge in [-0.2, -0.15) is 0 Å². The maximum atomic E-state index is 13.0. The minimum absolute atomic E-state index is 0.183. The highest BCUT2D eigenvalue weighted by molar-refractivity contribution is 9.10. The first-order chi connectivity index (χ1) is 11.6. The molecule has 1 aliphatic rings. The molecular weight excluding hydrogens is 373 g/mol. The number of amides is 2. The summed E-state index contributed by atoms with van der Waals surface area (Å²) in [4.78, 5) is 14.3. The van der Waals surface area contributed by atoms with Crippen molar-refractivity contribution in [2.45, 2.75) is 51.6 Å². The summed E-state index contributed by atoms with van der Waals surface area (Å²) in [5.74, 6) is -0.293. The molecule has 1 heterocycles. The van der Waals surface area contributed by atoms with E-state index in [1.165, 1.54) is 37.9 Å². The molecule has 134 valence electrons. The average molecular weight is 400 g/mol. The lowest BCUT2D eigenvalue weighted by molar-refractivity contribution is 0.158. The highest BCUT2D eigenvalue weighted by Crippen LogP contribution is 2.18. The van der Waals surface area contributed by atoms with Gasteiger partial charge in [0.1, 0.15) is 5.82 Å². The quantitative estimate of drug-likeness (QED) is 0.679. The first-order valence-corrected chi connectivity index (χ1v) is 9.55. The van der Waals surface area contributed by atoms with Crippen molar-refractivity contribution in [3.05, 3.63) is 34.1 Å². The Morgan fingerprint density at radius 2 is 2.17 bits per heavy atom. The first-order valence-electron chi connectivity index (χ1n) is 8.76. The molecule has 1 aromatic rings. The molecule has 2 rings (SSSR count). The molecule has 4 nitrogen and oxygen atoms in total. The Morgan fingerprint density at radius 1 is 1.33 bits per heavy atom. The monoisotopic (exact) mass is 399 g/mol. The van der Waals surface area contributed by atoms with Crippen LogP contribution in [0.1, 0.15) is 44.6 Å². The summed E-state index contributed by atoms with van der Waals surface area (Å²) in [5, 5.41) is 5.67. The third kappa shape index (κ3) is 6.40. The summed E-state index contributed by atoms with van der Waals surface area (Å²) in [6.07, 6.45) is 6.05. The van der Waals surface area contributed by atoms with E-state index in [-0.39, 0.29) is 11.8 Å². The van der Waals surface area contributed by atoms with Gasteiger partial charge in [-0.05, 0) is 63.4 Å². The van der Waals surface area contributed by atoms with Crippen molar-refractivity contribution in [2.75, 3.05) is 19.6 Å². The normalized spacial score (nSPS) is 18.4. The Bertz CT molecular complexity index is 541. The summed E-state index contributed by atoms with van der Waals surface area (Å²) in [6.45, 7) is 5.68. The molecule has 0 unspecified atom stereocenters. The highest BCUT2D eigenvalue weighted by Gasteiger charge is 2.16. The standard InChI is InChI=1S/C18H27BrFN3O/c1-14-6-2-4-10-23(14)11-5-3-9-21-18(24)22-13-15-7-8-16(20)12-17(15)19/h7-8,12,14H,2-6,9-11,13H2,1H3,(H2,21,22,24)/t14-/m1/s1. The van der Waals surface area contributed by atoms with Crippen LogP contribution in [0.25, 0.3) is 0 Å².